The summed E-state index contributed by atoms with van der Waals surface area (Å²) in [6.07, 6.45) is 3.87. The van der Waals surface area contributed by atoms with E-state index in [0.29, 0.717) is 30.0 Å². The largest absolute Gasteiger partial charge is 0.496 e. The first-order chi connectivity index (χ1) is 13.0. The van der Waals surface area contributed by atoms with Crippen LogP contribution in [0, 0.1) is 6.92 Å². The maximum Gasteiger partial charge on any atom is 0.222 e. The van der Waals surface area contributed by atoms with Crippen LogP contribution in [0.5, 0.6) is 5.75 Å². The zero-order chi connectivity index (χ0) is 19.8. The lowest BCUT2D eigenvalue weighted by Gasteiger charge is -2.21. The number of carbonyl (C=O) groups is 1. The van der Waals surface area contributed by atoms with Crippen molar-refractivity contribution in [3.8, 4) is 5.75 Å². The fraction of sp³-hybridized carbons (Fsp3) is 0.450. The molecule has 0 spiro atoms. The van der Waals surface area contributed by atoms with Gasteiger partial charge < -0.3 is 20.9 Å². The first-order valence-corrected chi connectivity index (χ1v) is 9.14. The molecule has 2 rings (SSSR count). The molecule has 0 aliphatic heterocycles. The number of aliphatic hydroxyl groups excluding tert-OH is 1. The predicted molar refractivity (Wildman–Crippen MR) is 106 cm³/mol. The van der Waals surface area contributed by atoms with Crippen LogP contribution in [0.3, 0.4) is 0 Å². The van der Waals surface area contributed by atoms with E-state index in [0.717, 1.165) is 35.9 Å². The zero-order valence-electron chi connectivity index (χ0n) is 16.2. The summed E-state index contributed by atoms with van der Waals surface area (Å²) in [5.41, 5.74) is 9.05. The molecule has 0 radical (unpaired) electrons. The molecule has 0 aliphatic carbocycles. The number of carbonyl (C=O) groups excluding carboxylic acids is 1. The van der Waals surface area contributed by atoms with Crippen molar-refractivity contribution >= 4 is 18.1 Å². The van der Waals surface area contributed by atoms with Gasteiger partial charge in [-0.1, -0.05) is 25.5 Å². The third-order valence-corrected chi connectivity index (χ3v) is 4.50. The van der Waals surface area contributed by atoms with E-state index in [1.807, 2.05) is 13.0 Å². The van der Waals surface area contributed by atoms with Crippen LogP contribution in [0.1, 0.15) is 53.4 Å². The monoisotopic (exact) mass is 372 g/mol. The fourth-order valence-electron chi connectivity index (χ4n) is 3.11. The Balaban J connectivity index is 2.40. The van der Waals surface area contributed by atoms with Crippen LogP contribution in [0.4, 0.5) is 11.8 Å². The highest BCUT2D eigenvalue weighted by Gasteiger charge is 2.17. The van der Waals surface area contributed by atoms with Crippen LogP contribution in [-0.4, -0.2) is 41.1 Å². The van der Waals surface area contributed by atoms with Gasteiger partial charge in [0.2, 0.25) is 5.95 Å². The predicted octanol–water partition coefficient (Wildman–Crippen LogP) is 2.74. The maximum absolute atomic E-state index is 11.0. The van der Waals surface area contributed by atoms with Crippen molar-refractivity contribution in [2.45, 2.75) is 45.6 Å². The summed E-state index contributed by atoms with van der Waals surface area (Å²) >= 11 is 0. The van der Waals surface area contributed by atoms with Gasteiger partial charge in [0.25, 0.3) is 0 Å². The summed E-state index contributed by atoms with van der Waals surface area (Å²) in [6.45, 7) is 4.10. The zero-order valence-corrected chi connectivity index (χ0v) is 16.2. The SMILES string of the molecule is CCCC(CCO)Nc1nc(N)nc(C)c1Cc1ccc(C=O)cc1OC. The molecule has 0 aliphatic rings. The number of hydrogen-bond donors (Lipinski definition) is 3. The smallest absolute Gasteiger partial charge is 0.222 e. The van der Waals surface area contributed by atoms with Crippen LogP contribution in [-0.2, 0) is 6.42 Å². The minimum atomic E-state index is 0.104. The first-order valence-electron chi connectivity index (χ1n) is 9.14. The standard InChI is InChI=1S/C20H28N4O3/c1-4-5-16(8-9-25)23-19-17(13(2)22-20(21)24-19)11-15-7-6-14(12-26)10-18(15)27-3/h6-7,10,12,16,25H,4-5,8-9,11H2,1-3H3,(H3,21,22,23,24). The van der Waals surface area contributed by atoms with Crippen molar-refractivity contribution in [3.63, 3.8) is 0 Å². The molecule has 7 heteroatoms. The van der Waals surface area contributed by atoms with E-state index in [1.165, 1.54) is 0 Å². The molecular weight excluding hydrogens is 344 g/mol. The molecule has 0 fully saturated rings. The van der Waals surface area contributed by atoms with Crippen LogP contribution >= 0.6 is 0 Å². The van der Waals surface area contributed by atoms with Crippen molar-refractivity contribution in [2.24, 2.45) is 0 Å². The number of hydrogen-bond acceptors (Lipinski definition) is 7. The Morgan fingerprint density at radius 3 is 2.74 bits per heavy atom. The van der Waals surface area contributed by atoms with Gasteiger partial charge in [0.15, 0.2) is 0 Å². The number of ether oxygens (including phenoxy) is 1. The molecule has 146 valence electrons. The Kier molecular flexibility index (Phi) is 7.55. The fourth-order valence-corrected chi connectivity index (χ4v) is 3.11. The van der Waals surface area contributed by atoms with Gasteiger partial charge in [-0.05, 0) is 31.4 Å². The Morgan fingerprint density at radius 2 is 2.11 bits per heavy atom. The summed E-state index contributed by atoms with van der Waals surface area (Å²) in [5, 5.41) is 12.8. The second kappa shape index (κ2) is 9.87. The Bertz CT molecular complexity index is 774. The average molecular weight is 372 g/mol. The number of rotatable bonds is 10. The van der Waals surface area contributed by atoms with Crippen molar-refractivity contribution in [1.82, 2.24) is 9.97 Å². The molecule has 1 unspecified atom stereocenters. The minimum absolute atomic E-state index is 0.104. The van der Waals surface area contributed by atoms with Gasteiger partial charge in [-0.2, -0.15) is 4.98 Å². The van der Waals surface area contributed by atoms with E-state index in [-0.39, 0.29) is 18.6 Å². The summed E-state index contributed by atoms with van der Waals surface area (Å²) in [4.78, 5) is 19.7. The van der Waals surface area contributed by atoms with E-state index in [2.05, 4.69) is 22.2 Å². The van der Waals surface area contributed by atoms with Crippen molar-refractivity contribution in [3.05, 3.63) is 40.6 Å². The number of methoxy groups -OCH3 is 1. The molecule has 0 bridgehead atoms. The van der Waals surface area contributed by atoms with Crippen molar-refractivity contribution in [1.29, 1.82) is 0 Å². The molecule has 1 atom stereocenters. The molecule has 4 N–H and O–H groups in total. The normalized spacial score (nSPS) is 11.9. The number of nitrogens with two attached hydrogens (primary N) is 1. The van der Waals surface area contributed by atoms with Crippen molar-refractivity contribution < 1.29 is 14.6 Å². The molecule has 1 aromatic carbocycles. The topological polar surface area (TPSA) is 110 Å². The molecule has 7 nitrogen and oxygen atoms in total. The number of aliphatic hydroxyl groups is 1. The quantitative estimate of drug-likeness (QED) is 0.550. The number of benzene rings is 1. The first kappa shape index (κ1) is 20.6. The van der Waals surface area contributed by atoms with Crippen LogP contribution in [0.15, 0.2) is 18.2 Å². The van der Waals surface area contributed by atoms with Gasteiger partial charge in [0.1, 0.15) is 17.9 Å². The van der Waals surface area contributed by atoms with Gasteiger partial charge in [-0.25, -0.2) is 4.98 Å². The highest BCUT2D eigenvalue weighted by molar-refractivity contribution is 5.76. The van der Waals surface area contributed by atoms with Crippen molar-refractivity contribution in [2.75, 3.05) is 24.8 Å². The highest BCUT2D eigenvalue weighted by Crippen LogP contribution is 2.28. The lowest BCUT2D eigenvalue weighted by Crippen LogP contribution is -2.23. The third-order valence-electron chi connectivity index (χ3n) is 4.50. The van der Waals surface area contributed by atoms with Gasteiger partial charge in [0.05, 0.1) is 7.11 Å². The molecule has 2 aromatic rings. The van der Waals surface area contributed by atoms with E-state index < -0.39 is 0 Å². The Labute approximate surface area is 160 Å². The second-order valence-corrected chi connectivity index (χ2v) is 6.50. The van der Waals surface area contributed by atoms with Gasteiger partial charge in [0, 0.05) is 35.9 Å². The summed E-state index contributed by atoms with van der Waals surface area (Å²) < 4.78 is 5.44. The van der Waals surface area contributed by atoms with E-state index in [1.54, 1.807) is 19.2 Å². The molecule has 1 aromatic heterocycles. The number of nitrogen functional groups attached to an aromatic ring is 1. The van der Waals surface area contributed by atoms with Gasteiger partial charge in [-0.15, -0.1) is 0 Å². The molecule has 1 heterocycles. The Morgan fingerprint density at radius 1 is 1.33 bits per heavy atom. The van der Waals surface area contributed by atoms with Crippen LogP contribution in [0.25, 0.3) is 0 Å². The lowest BCUT2D eigenvalue weighted by atomic mass is 10.0. The summed E-state index contributed by atoms with van der Waals surface area (Å²) in [6, 6.07) is 5.46. The van der Waals surface area contributed by atoms with E-state index >= 15 is 0 Å². The molecule has 0 saturated carbocycles. The number of nitrogens with zero attached hydrogens (tertiary/aromatic N) is 2. The molecule has 27 heavy (non-hydrogen) atoms. The summed E-state index contributed by atoms with van der Waals surface area (Å²) in [5.74, 6) is 1.52. The number of aryl methyl sites for hydroxylation is 1. The molecule has 0 amide bonds. The minimum Gasteiger partial charge on any atom is -0.496 e. The van der Waals surface area contributed by atoms with Gasteiger partial charge in [-0.3, -0.25) is 4.79 Å². The lowest BCUT2D eigenvalue weighted by molar-refractivity contribution is 0.112. The number of nitrogens with one attached hydrogen (secondary N) is 1. The average Bonchev–Trinajstić information content (AvgIpc) is 2.65. The van der Waals surface area contributed by atoms with Crippen LogP contribution < -0.4 is 15.8 Å². The molecule has 0 saturated heterocycles. The van der Waals surface area contributed by atoms with Gasteiger partial charge >= 0.3 is 0 Å². The highest BCUT2D eigenvalue weighted by atomic mass is 16.5. The number of anilines is 2. The van der Waals surface area contributed by atoms with Crippen LogP contribution in [0.2, 0.25) is 0 Å². The van der Waals surface area contributed by atoms with E-state index in [4.69, 9.17) is 10.5 Å². The number of aromatic nitrogens is 2. The Hall–Kier alpha value is -2.67. The van der Waals surface area contributed by atoms with E-state index in [9.17, 15) is 9.90 Å². The second-order valence-electron chi connectivity index (χ2n) is 6.50. The maximum atomic E-state index is 11.0. The summed E-state index contributed by atoms with van der Waals surface area (Å²) in [7, 11) is 1.58. The third kappa shape index (κ3) is 5.40. The molecular formula is C20H28N4O3. The number of aldehydes is 1.